The molecule has 2 amide bonds. The molecule has 1 saturated heterocycles. The van der Waals surface area contributed by atoms with E-state index in [1.165, 1.54) is 4.90 Å². The predicted molar refractivity (Wildman–Crippen MR) is 55.4 cm³/mol. The fraction of sp³-hybridized carbons (Fsp3) is 0.273. The highest BCUT2D eigenvalue weighted by Crippen LogP contribution is 2.19. The van der Waals surface area contributed by atoms with Crippen molar-refractivity contribution in [3.8, 4) is 0 Å². The summed E-state index contributed by atoms with van der Waals surface area (Å²) in [7, 11) is 0. The number of likely N-dealkylation sites (tertiary alicyclic amines) is 1. The topological polar surface area (TPSA) is 63.4 Å². The van der Waals surface area contributed by atoms with Gasteiger partial charge < -0.3 is 10.6 Å². The van der Waals surface area contributed by atoms with Gasteiger partial charge in [-0.3, -0.25) is 9.59 Å². The smallest absolute Gasteiger partial charge is 0.254 e. The van der Waals surface area contributed by atoms with Crippen LogP contribution < -0.4 is 5.73 Å². The van der Waals surface area contributed by atoms with Crippen molar-refractivity contribution in [3.63, 3.8) is 0 Å². The van der Waals surface area contributed by atoms with Gasteiger partial charge in [0.1, 0.15) is 0 Å². The SMILES string of the molecule is NC(=O)c1cc(F)c(F)cc1C(=O)N1CCC1. The van der Waals surface area contributed by atoms with E-state index < -0.39 is 23.4 Å². The monoisotopic (exact) mass is 240 g/mol. The summed E-state index contributed by atoms with van der Waals surface area (Å²) < 4.78 is 26.0. The van der Waals surface area contributed by atoms with Crippen LogP contribution in [-0.4, -0.2) is 29.8 Å². The summed E-state index contributed by atoms with van der Waals surface area (Å²) in [5.41, 5.74) is 4.56. The van der Waals surface area contributed by atoms with Gasteiger partial charge in [-0.2, -0.15) is 0 Å². The number of carbonyl (C=O) groups is 2. The molecule has 17 heavy (non-hydrogen) atoms. The van der Waals surface area contributed by atoms with E-state index in [0.717, 1.165) is 12.5 Å². The molecule has 1 aromatic rings. The van der Waals surface area contributed by atoms with E-state index in [9.17, 15) is 18.4 Å². The number of hydrogen-bond acceptors (Lipinski definition) is 2. The lowest BCUT2D eigenvalue weighted by Gasteiger charge is -2.31. The molecule has 0 aromatic heterocycles. The number of rotatable bonds is 2. The Kier molecular flexibility index (Phi) is 2.79. The van der Waals surface area contributed by atoms with E-state index in [-0.39, 0.29) is 11.1 Å². The zero-order valence-electron chi connectivity index (χ0n) is 8.87. The standard InChI is InChI=1S/C11H10F2N2O2/c12-8-4-6(10(14)16)7(5-9(8)13)11(17)15-2-1-3-15/h4-5H,1-3H2,(H2,14,16). The van der Waals surface area contributed by atoms with Crippen LogP contribution in [-0.2, 0) is 0 Å². The summed E-state index contributed by atoms with van der Waals surface area (Å²) in [5.74, 6) is -3.81. The van der Waals surface area contributed by atoms with Gasteiger partial charge in [0.05, 0.1) is 11.1 Å². The van der Waals surface area contributed by atoms with Crippen molar-refractivity contribution >= 4 is 11.8 Å². The molecule has 0 atom stereocenters. The lowest BCUT2D eigenvalue weighted by atomic mass is 10.0. The number of hydrogen-bond donors (Lipinski definition) is 1. The minimum atomic E-state index is -1.20. The molecule has 2 N–H and O–H groups in total. The number of carbonyl (C=O) groups excluding carboxylic acids is 2. The summed E-state index contributed by atoms with van der Waals surface area (Å²) in [5, 5.41) is 0. The van der Waals surface area contributed by atoms with Crippen molar-refractivity contribution < 1.29 is 18.4 Å². The summed E-state index contributed by atoms with van der Waals surface area (Å²) in [6.45, 7) is 1.10. The minimum absolute atomic E-state index is 0.184. The maximum absolute atomic E-state index is 13.1. The lowest BCUT2D eigenvalue weighted by Crippen LogP contribution is -2.42. The fourth-order valence-electron chi connectivity index (χ4n) is 1.62. The fourth-order valence-corrected chi connectivity index (χ4v) is 1.62. The number of halogens is 2. The predicted octanol–water partition coefficient (Wildman–Crippen LogP) is 0.910. The minimum Gasteiger partial charge on any atom is -0.366 e. The molecule has 6 heteroatoms. The number of nitrogens with two attached hydrogens (primary N) is 1. The first kappa shape index (κ1) is 11.5. The van der Waals surface area contributed by atoms with Crippen molar-refractivity contribution in [1.29, 1.82) is 0 Å². The van der Waals surface area contributed by atoms with E-state index in [1.54, 1.807) is 0 Å². The van der Waals surface area contributed by atoms with E-state index in [0.29, 0.717) is 19.2 Å². The van der Waals surface area contributed by atoms with Gasteiger partial charge in [-0.25, -0.2) is 8.78 Å². The first-order valence-electron chi connectivity index (χ1n) is 5.09. The Morgan fingerprint density at radius 3 is 2.06 bits per heavy atom. The first-order chi connectivity index (χ1) is 8.00. The van der Waals surface area contributed by atoms with Crippen LogP contribution in [0.4, 0.5) is 8.78 Å². The summed E-state index contributed by atoms with van der Waals surface area (Å²) >= 11 is 0. The van der Waals surface area contributed by atoms with Crippen LogP contribution in [0.2, 0.25) is 0 Å². The van der Waals surface area contributed by atoms with Crippen LogP contribution >= 0.6 is 0 Å². The average molecular weight is 240 g/mol. The van der Waals surface area contributed by atoms with Crippen LogP contribution in [0.3, 0.4) is 0 Å². The van der Waals surface area contributed by atoms with Crippen LogP contribution in [0.15, 0.2) is 12.1 Å². The quantitative estimate of drug-likeness (QED) is 0.835. The molecule has 0 spiro atoms. The van der Waals surface area contributed by atoms with Crippen LogP contribution in [0.5, 0.6) is 0 Å². The molecule has 90 valence electrons. The number of benzene rings is 1. The van der Waals surface area contributed by atoms with Crippen molar-refractivity contribution in [2.75, 3.05) is 13.1 Å². The zero-order chi connectivity index (χ0) is 12.6. The molecule has 1 aliphatic rings. The average Bonchev–Trinajstić information content (AvgIpc) is 2.18. The third-order valence-corrected chi connectivity index (χ3v) is 2.70. The van der Waals surface area contributed by atoms with Gasteiger partial charge in [0.2, 0.25) is 5.91 Å². The highest BCUT2D eigenvalue weighted by Gasteiger charge is 2.26. The number of amides is 2. The van der Waals surface area contributed by atoms with E-state index in [2.05, 4.69) is 0 Å². The summed E-state index contributed by atoms with van der Waals surface area (Å²) in [6.07, 6.45) is 0.862. The van der Waals surface area contributed by atoms with Crippen molar-refractivity contribution in [1.82, 2.24) is 4.90 Å². The Morgan fingerprint density at radius 1 is 1.12 bits per heavy atom. The molecular formula is C11H10F2N2O2. The molecule has 0 saturated carbocycles. The molecule has 1 aromatic carbocycles. The Bertz CT molecular complexity index is 498. The van der Waals surface area contributed by atoms with Crippen LogP contribution in [0.25, 0.3) is 0 Å². The molecule has 4 nitrogen and oxygen atoms in total. The maximum atomic E-state index is 13.1. The van der Waals surface area contributed by atoms with Crippen molar-refractivity contribution in [3.05, 3.63) is 34.9 Å². The summed E-state index contributed by atoms with van der Waals surface area (Å²) in [6, 6.07) is 1.38. The molecule has 0 aliphatic carbocycles. The van der Waals surface area contributed by atoms with E-state index in [1.807, 2.05) is 0 Å². The molecule has 2 rings (SSSR count). The Labute approximate surface area is 96.0 Å². The lowest BCUT2D eigenvalue weighted by molar-refractivity contribution is 0.0647. The molecule has 0 unspecified atom stereocenters. The van der Waals surface area contributed by atoms with Gasteiger partial charge in [-0.1, -0.05) is 0 Å². The molecule has 1 heterocycles. The Morgan fingerprint density at radius 2 is 1.65 bits per heavy atom. The van der Waals surface area contributed by atoms with Gasteiger partial charge >= 0.3 is 0 Å². The zero-order valence-corrected chi connectivity index (χ0v) is 8.87. The largest absolute Gasteiger partial charge is 0.366 e. The van der Waals surface area contributed by atoms with Gasteiger partial charge in [-0.15, -0.1) is 0 Å². The highest BCUT2D eigenvalue weighted by atomic mass is 19.2. The first-order valence-corrected chi connectivity index (χ1v) is 5.09. The second-order valence-electron chi connectivity index (χ2n) is 3.82. The van der Waals surface area contributed by atoms with Crippen LogP contribution in [0.1, 0.15) is 27.1 Å². The highest BCUT2D eigenvalue weighted by molar-refractivity contribution is 6.06. The van der Waals surface area contributed by atoms with Crippen molar-refractivity contribution in [2.45, 2.75) is 6.42 Å². The molecule has 1 fully saturated rings. The molecule has 0 bridgehead atoms. The summed E-state index contributed by atoms with van der Waals surface area (Å²) in [4.78, 5) is 24.4. The van der Waals surface area contributed by atoms with E-state index >= 15 is 0 Å². The van der Waals surface area contributed by atoms with Gasteiger partial charge in [-0.05, 0) is 18.6 Å². The molecule has 0 radical (unpaired) electrons. The Hall–Kier alpha value is -1.98. The molecular weight excluding hydrogens is 230 g/mol. The normalized spacial score (nSPS) is 14.4. The van der Waals surface area contributed by atoms with Gasteiger partial charge in [0.25, 0.3) is 5.91 Å². The second-order valence-corrected chi connectivity index (χ2v) is 3.82. The molecule has 1 aliphatic heterocycles. The van der Waals surface area contributed by atoms with Crippen LogP contribution in [0, 0.1) is 11.6 Å². The third kappa shape index (κ3) is 1.98. The van der Waals surface area contributed by atoms with Crippen molar-refractivity contribution in [2.24, 2.45) is 5.73 Å². The van der Waals surface area contributed by atoms with Gasteiger partial charge in [0.15, 0.2) is 11.6 Å². The van der Waals surface area contributed by atoms with E-state index in [4.69, 9.17) is 5.73 Å². The second kappa shape index (κ2) is 4.12. The Balaban J connectivity index is 2.46. The number of nitrogens with zero attached hydrogens (tertiary/aromatic N) is 1. The number of primary amides is 1. The van der Waals surface area contributed by atoms with Gasteiger partial charge in [0, 0.05) is 13.1 Å². The maximum Gasteiger partial charge on any atom is 0.254 e. The third-order valence-electron chi connectivity index (χ3n) is 2.70.